The van der Waals surface area contributed by atoms with Crippen LogP contribution in [-0.4, -0.2) is 29.8 Å². The highest BCUT2D eigenvalue weighted by atomic mass is 16.7. The van der Waals surface area contributed by atoms with Gasteiger partial charge >= 0.3 is 11.9 Å². The van der Waals surface area contributed by atoms with Crippen LogP contribution in [0.5, 0.6) is 0 Å². The van der Waals surface area contributed by atoms with Gasteiger partial charge in [-0.15, -0.1) is 0 Å². The van der Waals surface area contributed by atoms with E-state index in [1.54, 1.807) is 0 Å². The second kappa shape index (κ2) is 3.18. The number of nitrogens with zero attached hydrogens (tertiary/aromatic N) is 1. The van der Waals surface area contributed by atoms with Gasteiger partial charge in [-0.05, 0) is 6.42 Å². The van der Waals surface area contributed by atoms with Gasteiger partial charge in [-0.3, -0.25) is 0 Å². The Morgan fingerprint density at radius 2 is 2.08 bits per heavy atom. The van der Waals surface area contributed by atoms with Gasteiger partial charge in [0.2, 0.25) is 0 Å². The summed E-state index contributed by atoms with van der Waals surface area (Å²) in [6, 6.07) is 0. The number of hydroxylamine groups is 2. The lowest BCUT2D eigenvalue weighted by Gasteiger charge is -2.22. The molecule has 2 aliphatic heterocycles. The lowest BCUT2D eigenvalue weighted by atomic mass is 10.4. The third kappa shape index (κ3) is 1.70. The molecule has 0 aliphatic carbocycles. The van der Waals surface area contributed by atoms with Crippen molar-refractivity contribution in [3.05, 3.63) is 12.2 Å². The van der Waals surface area contributed by atoms with Crippen molar-refractivity contribution in [3.63, 3.8) is 0 Å². The van der Waals surface area contributed by atoms with Crippen LogP contribution in [0.25, 0.3) is 0 Å². The van der Waals surface area contributed by atoms with Crippen LogP contribution in [0.4, 0.5) is 0 Å². The highest BCUT2D eigenvalue weighted by Gasteiger charge is 2.31. The van der Waals surface area contributed by atoms with Crippen LogP contribution in [0.3, 0.4) is 0 Å². The van der Waals surface area contributed by atoms with Gasteiger partial charge < -0.3 is 9.57 Å². The topological polar surface area (TPSA) is 55.8 Å². The smallest absolute Gasteiger partial charge is 0.350 e. The summed E-state index contributed by atoms with van der Waals surface area (Å²) in [4.78, 5) is 26.8. The molecule has 1 unspecified atom stereocenters. The van der Waals surface area contributed by atoms with E-state index in [4.69, 9.17) is 9.57 Å². The lowest BCUT2D eigenvalue weighted by Crippen LogP contribution is -2.36. The number of hydrogen-bond acceptors (Lipinski definition) is 5. The van der Waals surface area contributed by atoms with Crippen molar-refractivity contribution in [1.82, 2.24) is 5.06 Å². The minimum absolute atomic E-state index is 0.401. The first kappa shape index (κ1) is 8.25. The van der Waals surface area contributed by atoms with Gasteiger partial charge in [0.25, 0.3) is 0 Å². The molecule has 0 amide bonds. The number of hydrogen-bond donors (Lipinski definition) is 0. The molecule has 2 rings (SSSR count). The molecular formula is C8H9NO4. The molecule has 1 fully saturated rings. The predicted octanol–water partition coefficient (Wildman–Crippen LogP) is -0.0205. The monoisotopic (exact) mass is 183 g/mol. The number of esters is 1. The molecule has 1 saturated heterocycles. The van der Waals surface area contributed by atoms with E-state index in [1.807, 2.05) is 0 Å². The molecule has 0 spiro atoms. The number of carbonyl (C=O) groups excluding carboxylic acids is 2. The predicted molar refractivity (Wildman–Crippen MR) is 41.1 cm³/mol. The SMILES string of the molecule is O=C1/C=C\C(=O)ON2CCCC2O1. The Balaban J connectivity index is 2.16. The van der Waals surface area contributed by atoms with E-state index in [0.29, 0.717) is 13.0 Å². The summed E-state index contributed by atoms with van der Waals surface area (Å²) >= 11 is 0. The Morgan fingerprint density at radius 3 is 2.92 bits per heavy atom. The van der Waals surface area contributed by atoms with E-state index in [2.05, 4.69) is 0 Å². The normalized spacial score (nSPS) is 31.2. The number of rotatable bonds is 0. The molecule has 2 aliphatic rings. The quantitative estimate of drug-likeness (QED) is 0.494. The Labute approximate surface area is 74.9 Å². The molecule has 5 nitrogen and oxygen atoms in total. The summed E-state index contributed by atoms with van der Waals surface area (Å²) < 4.78 is 4.99. The Morgan fingerprint density at radius 1 is 1.31 bits per heavy atom. The number of ether oxygens (including phenoxy) is 1. The van der Waals surface area contributed by atoms with Crippen molar-refractivity contribution in [2.45, 2.75) is 19.1 Å². The molecule has 0 aromatic heterocycles. The maximum Gasteiger partial charge on any atom is 0.350 e. The van der Waals surface area contributed by atoms with Gasteiger partial charge in [0.1, 0.15) is 0 Å². The van der Waals surface area contributed by atoms with Crippen LogP contribution in [-0.2, 0) is 19.2 Å². The van der Waals surface area contributed by atoms with Crippen LogP contribution in [0.1, 0.15) is 12.8 Å². The van der Waals surface area contributed by atoms with Gasteiger partial charge in [0, 0.05) is 25.1 Å². The zero-order valence-corrected chi connectivity index (χ0v) is 6.93. The van der Waals surface area contributed by atoms with Crippen LogP contribution in [0.15, 0.2) is 12.2 Å². The summed E-state index contributed by atoms with van der Waals surface area (Å²) in [6.45, 7) is 0.623. The average Bonchev–Trinajstić information content (AvgIpc) is 2.47. The van der Waals surface area contributed by atoms with Crippen molar-refractivity contribution in [2.75, 3.05) is 6.54 Å². The maximum absolute atomic E-state index is 11.0. The fourth-order valence-electron chi connectivity index (χ4n) is 1.39. The molecule has 70 valence electrons. The molecule has 0 aromatic rings. The van der Waals surface area contributed by atoms with Crippen molar-refractivity contribution in [2.24, 2.45) is 0 Å². The van der Waals surface area contributed by atoms with E-state index < -0.39 is 18.2 Å². The van der Waals surface area contributed by atoms with Crippen molar-refractivity contribution >= 4 is 11.9 Å². The Kier molecular flexibility index (Phi) is 2.02. The van der Waals surface area contributed by atoms with Crippen LogP contribution < -0.4 is 0 Å². The highest BCUT2D eigenvalue weighted by molar-refractivity contribution is 5.92. The summed E-state index contributed by atoms with van der Waals surface area (Å²) in [5.74, 6) is -1.02. The van der Waals surface area contributed by atoms with E-state index in [9.17, 15) is 9.59 Å². The van der Waals surface area contributed by atoms with Gasteiger partial charge in [-0.25, -0.2) is 9.59 Å². The summed E-state index contributed by atoms with van der Waals surface area (Å²) in [7, 11) is 0. The van der Waals surface area contributed by atoms with Gasteiger partial charge in [-0.2, -0.15) is 0 Å². The van der Waals surface area contributed by atoms with Crippen LogP contribution in [0, 0.1) is 0 Å². The van der Waals surface area contributed by atoms with Crippen LogP contribution in [0.2, 0.25) is 0 Å². The molecule has 0 radical (unpaired) electrons. The van der Waals surface area contributed by atoms with E-state index in [1.165, 1.54) is 5.06 Å². The molecule has 0 aromatic carbocycles. The summed E-state index contributed by atoms with van der Waals surface area (Å²) in [5.41, 5.74) is 0. The minimum Gasteiger partial charge on any atom is -0.440 e. The first-order valence-electron chi connectivity index (χ1n) is 4.13. The molecule has 5 heteroatoms. The third-order valence-electron chi connectivity index (χ3n) is 1.97. The maximum atomic E-state index is 11.0. The molecule has 13 heavy (non-hydrogen) atoms. The van der Waals surface area contributed by atoms with E-state index >= 15 is 0 Å². The first-order chi connectivity index (χ1) is 6.25. The van der Waals surface area contributed by atoms with E-state index in [-0.39, 0.29) is 0 Å². The second-order valence-corrected chi connectivity index (χ2v) is 2.92. The van der Waals surface area contributed by atoms with Crippen molar-refractivity contribution in [3.8, 4) is 0 Å². The first-order valence-corrected chi connectivity index (χ1v) is 4.13. The fourth-order valence-corrected chi connectivity index (χ4v) is 1.39. The molecule has 0 bridgehead atoms. The Hall–Kier alpha value is -1.36. The average molecular weight is 183 g/mol. The van der Waals surface area contributed by atoms with E-state index in [0.717, 1.165) is 18.6 Å². The largest absolute Gasteiger partial charge is 0.440 e. The van der Waals surface area contributed by atoms with Gasteiger partial charge in [0.15, 0.2) is 6.23 Å². The van der Waals surface area contributed by atoms with Crippen molar-refractivity contribution in [1.29, 1.82) is 0 Å². The summed E-state index contributed by atoms with van der Waals surface area (Å²) in [6.07, 6.45) is 3.33. The molecule has 0 N–H and O–H groups in total. The second-order valence-electron chi connectivity index (χ2n) is 2.92. The molecular weight excluding hydrogens is 174 g/mol. The molecule has 1 atom stereocenters. The third-order valence-corrected chi connectivity index (χ3v) is 1.97. The lowest BCUT2D eigenvalue weighted by molar-refractivity contribution is -0.225. The molecule has 0 saturated carbocycles. The minimum atomic E-state index is -0.524. The van der Waals surface area contributed by atoms with Crippen LogP contribution >= 0.6 is 0 Å². The highest BCUT2D eigenvalue weighted by Crippen LogP contribution is 2.20. The standard InChI is InChI=1S/C8H9NO4/c10-7-3-4-8(11)13-9-5-1-2-6(9)12-7/h3-4,6H,1-2,5H2/b4-3-. The van der Waals surface area contributed by atoms with Crippen molar-refractivity contribution < 1.29 is 19.2 Å². The van der Waals surface area contributed by atoms with Gasteiger partial charge in [-0.1, -0.05) is 5.06 Å². The zero-order chi connectivity index (χ0) is 9.26. The molecule has 2 heterocycles. The summed E-state index contributed by atoms with van der Waals surface area (Å²) in [5, 5.41) is 1.41. The van der Waals surface area contributed by atoms with Gasteiger partial charge in [0.05, 0.1) is 0 Å². The zero-order valence-electron chi connectivity index (χ0n) is 6.93. The fraction of sp³-hybridized carbons (Fsp3) is 0.500. The number of carbonyl (C=O) groups is 2. The Bertz CT molecular complexity index is 247. The number of fused-ring (bicyclic) bond motifs is 1.